The first-order valence-corrected chi connectivity index (χ1v) is 9.68. The van der Waals surface area contributed by atoms with Crippen LogP contribution in [0.1, 0.15) is 44.9 Å². The molecule has 1 N–H and O–H groups in total. The summed E-state index contributed by atoms with van der Waals surface area (Å²) in [6.07, 6.45) is 10.3. The van der Waals surface area contributed by atoms with Gasteiger partial charge >= 0.3 is 0 Å². The molecule has 4 rings (SSSR count). The molecule has 1 aliphatic carbocycles. The summed E-state index contributed by atoms with van der Waals surface area (Å²) in [5.41, 5.74) is 1.62. The van der Waals surface area contributed by atoms with E-state index in [1.54, 1.807) is 11.0 Å². The molecule has 1 aromatic carbocycles. The Kier molecular flexibility index (Phi) is 5.24. The molecule has 0 radical (unpaired) electrons. The summed E-state index contributed by atoms with van der Waals surface area (Å²) in [5.74, 6) is 0.868. The Bertz CT molecular complexity index is 725. The topological polar surface area (TPSA) is 75.9 Å². The van der Waals surface area contributed by atoms with E-state index >= 15 is 0 Å². The molecular formula is C19H26N6O. The van der Waals surface area contributed by atoms with Gasteiger partial charge in [0.05, 0.1) is 11.7 Å². The minimum Gasteiger partial charge on any atom is -0.325 e. The highest BCUT2D eigenvalue weighted by Crippen LogP contribution is 2.28. The monoisotopic (exact) mass is 354 g/mol. The highest BCUT2D eigenvalue weighted by atomic mass is 16.2. The third kappa shape index (κ3) is 3.93. The molecule has 1 aromatic heterocycles. The average Bonchev–Trinajstić information content (AvgIpc) is 3.35. The van der Waals surface area contributed by atoms with E-state index in [0.29, 0.717) is 0 Å². The summed E-state index contributed by atoms with van der Waals surface area (Å²) in [6, 6.07) is 7.62. The van der Waals surface area contributed by atoms with Crippen LogP contribution >= 0.6 is 0 Å². The molecule has 2 heterocycles. The van der Waals surface area contributed by atoms with Crippen LogP contribution in [0.2, 0.25) is 0 Å². The Morgan fingerprint density at radius 1 is 1.15 bits per heavy atom. The summed E-state index contributed by atoms with van der Waals surface area (Å²) in [4.78, 5) is 15.3. The molecule has 138 valence electrons. The first kappa shape index (κ1) is 17.1. The second kappa shape index (κ2) is 7.95. The normalized spacial score (nSPS) is 21.8. The Hall–Kier alpha value is -2.28. The summed E-state index contributed by atoms with van der Waals surface area (Å²) >= 11 is 0. The second-order valence-electron chi connectivity index (χ2n) is 7.45. The van der Waals surface area contributed by atoms with Gasteiger partial charge in [-0.1, -0.05) is 25.3 Å². The number of rotatable bonds is 5. The Balaban J connectivity index is 1.40. The lowest BCUT2D eigenvalue weighted by Gasteiger charge is -2.30. The van der Waals surface area contributed by atoms with E-state index in [-0.39, 0.29) is 11.9 Å². The highest BCUT2D eigenvalue weighted by molar-refractivity contribution is 5.95. The summed E-state index contributed by atoms with van der Waals surface area (Å²) in [5, 5.41) is 14.3. The van der Waals surface area contributed by atoms with E-state index in [1.807, 2.05) is 24.3 Å². The van der Waals surface area contributed by atoms with Crippen molar-refractivity contribution in [3.8, 4) is 5.69 Å². The van der Waals surface area contributed by atoms with Gasteiger partial charge in [-0.25, -0.2) is 4.68 Å². The maximum atomic E-state index is 12.9. The maximum absolute atomic E-state index is 12.9. The van der Waals surface area contributed by atoms with Crippen LogP contribution in [0, 0.1) is 5.92 Å². The summed E-state index contributed by atoms with van der Waals surface area (Å²) in [7, 11) is 0. The standard InChI is InChI=1S/C19H26N6O/c26-19(18-10-5-11-24(18)13-15-6-2-1-3-7-15)21-16-8-4-9-17(12-16)25-14-20-22-23-25/h4,8-9,12,14-15,18H,1-3,5-7,10-11,13H2,(H,21,26). The number of benzene rings is 1. The van der Waals surface area contributed by atoms with E-state index in [2.05, 4.69) is 25.7 Å². The van der Waals surface area contributed by atoms with Gasteiger partial charge in [0.1, 0.15) is 6.33 Å². The van der Waals surface area contributed by atoms with Crippen molar-refractivity contribution in [3.05, 3.63) is 30.6 Å². The number of anilines is 1. The van der Waals surface area contributed by atoms with Crippen molar-refractivity contribution < 1.29 is 4.79 Å². The Morgan fingerprint density at radius 3 is 2.85 bits per heavy atom. The van der Waals surface area contributed by atoms with Crippen LogP contribution in [0.25, 0.3) is 5.69 Å². The number of nitrogens with zero attached hydrogens (tertiary/aromatic N) is 5. The fourth-order valence-corrected chi connectivity index (χ4v) is 4.27. The minimum absolute atomic E-state index is 0.00591. The molecule has 1 atom stereocenters. The highest BCUT2D eigenvalue weighted by Gasteiger charge is 2.32. The molecule has 1 aliphatic heterocycles. The summed E-state index contributed by atoms with van der Waals surface area (Å²) in [6.45, 7) is 2.11. The fourth-order valence-electron chi connectivity index (χ4n) is 4.27. The third-order valence-corrected chi connectivity index (χ3v) is 5.61. The smallest absolute Gasteiger partial charge is 0.241 e. The zero-order valence-electron chi connectivity index (χ0n) is 15.0. The van der Waals surface area contributed by atoms with E-state index < -0.39 is 0 Å². The maximum Gasteiger partial charge on any atom is 0.241 e. The van der Waals surface area contributed by atoms with Crippen LogP contribution in [0.15, 0.2) is 30.6 Å². The van der Waals surface area contributed by atoms with E-state index in [0.717, 1.165) is 43.2 Å². The van der Waals surface area contributed by atoms with Gasteiger partial charge in [0.2, 0.25) is 5.91 Å². The molecule has 2 aliphatic rings. The summed E-state index contributed by atoms with van der Waals surface area (Å²) < 4.78 is 1.58. The number of nitrogens with one attached hydrogen (secondary N) is 1. The van der Waals surface area contributed by atoms with Gasteiger partial charge in [-0.15, -0.1) is 5.10 Å². The van der Waals surface area contributed by atoms with Gasteiger partial charge in [0.25, 0.3) is 0 Å². The minimum atomic E-state index is -0.00591. The van der Waals surface area contributed by atoms with Crippen LogP contribution in [-0.2, 0) is 4.79 Å². The van der Waals surface area contributed by atoms with Gasteiger partial charge in [-0.2, -0.15) is 0 Å². The lowest BCUT2D eigenvalue weighted by Crippen LogP contribution is -2.42. The van der Waals surface area contributed by atoms with Crippen molar-refractivity contribution in [2.75, 3.05) is 18.4 Å². The lowest BCUT2D eigenvalue weighted by molar-refractivity contribution is -0.120. The predicted molar refractivity (Wildman–Crippen MR) is 99.0 cm³/mol. The van der Waals surface area contributed by atoms with Gasteiger partial charge in [-0.3, -0.25) is 9.69 Å². The van der Waals surface area contributed by atoms with Crippen molar-refractivity contribution in [2.24, 2.45) is 5.92 Å². The largest absolute Gasteiger partial charge is 0.325 e. The first-order chi connectivity index (χ1) is 12.8. The Labute approximate surface area is 153 Å². The second-order valence-corrected chi connectivity index (χ2v) is 7.45. The molecule has 0 bridgehead atoms. The molecular weight excluding hydrogens is 328 g/mol. The van der Waals surface area contributed by atoms with Gasteiger partial charge < -0.3 is 5.32 Å². The van der Waals surface area contributed by atoms with Gasteiger partial charge in [0.15, 0.2) is 0 Å². The fraction of sp³-hybridized carbons (Fsp3) is 0.579. The molecule has 0 spiro atoms. The molecule has 1 amide bonds. The van der Waals surface area contributed by atoms with Crippen LogP contribution in [0.3, 0.4) is 0 Å². The van der Waals surface area contributed by atoms with E-state index in [9.17, 15) is 4.79 Å². The van der Waals surface area contributed by atoms with Crippen molar-refractivity contribution in [1.82, 2.24) is 25.1 Å². The average molecular weight is 354 g/mol. The van der Waals surface area contributed by atoms with Gasteiger partial charge in [-0.05, 0) is 66.8 Å². The number of amides is 1. The van der Waals surface area contributed by atoms with Crippen molar-refractivity contribution in [2.45, 2.75) is 51.0 Å². The number of hydrogen-bond donors (Lipinski definition) is 1. The van der Waals surface area contributed by atoms with Crippen LogP contribution in [0.5, 0.6) is 0 Å². The van der Waals surface area contributed by atoms with Crippen LogP contribution in [0.4, 0.5) is 5.69 Å². The lowest BCUT2D eigenvalue weighted by atomic mass is 9.89. The van der Waals surface area contributed by atoms with E-state index in [4.69, 9.17) is 0 Å². The predicted octanol–water partition coefficient (Wildman–Crippen LogP) is 2.65. The van der Waals surface area contributed by atoms with Crippen molar-refractivity contribution >= 4 is 11.6 Å². The van der Waals surface area contributed by atoms with Gasteiger partial charge in [0, 0.05) is 12.2 Å². The third-order valence-electron chi connectivity index (χ3n) is 5.61. The molecule has 26 heavy (non-hydrogen) atoms. The number of hydrogen-bond acceptors (Lipinski definition) is 5. The molecule has 1 unspecified atom stereocenters. The van der Waals surface area contributed by atoms with Crippen molar-refractivity contribution in [3.63, 3.8) is 0 Å². The molecule has 7 nitrogen and oxygen atoms in total. The molecule has 1 saturated carbocycles. The quantitative estimate of drug-likeness (QED) is 0.893. The molecule has 7 heteroatoms. The Morgan fingerprint density at radius 2 is 2.04 bits per heavy atom. The zero-order chi connectivity index (χ0) is 17.8. The first-order valence-electron chi connectivity index (χ1n) is 9.68. The molecule has 1 saturated heterocycles. The van der Waals surface area contributed by atoms with Crippen LogP contribution in [-0.4, -0.2) is 50.1 Å². The SMILES string of the molecule is O=C(Nc1cccc(-n2cnnn2)c1)C1CCCN1CC1CCCCC1. The molecule has 2 aromatic rings. The molecule has 2 fully saturated rings. The van der Waals surface area contributed by atoms with Crippen LogP contribution < -0.4 is 5.32 Å². The number of carbonyl (C=O) groups excluding carboxylic acids is 1. The zero-order valence-corrected chi connectivity index (χ0v) is 15.0. The van der Waals surface area contributed by atoms with Crippen molar-refractivity contribution in [1.29, 1.82) is 0 Å². The van der Waals surface area contributed by atoms with E-state index in [1.165, 1.54) is 32.1 Å². The number of tetrazole rings is 1. The number of likely N-dealkylation sites (tertiary alicyclic amines) is 1. The number of carbonyl (C=O) groups is 1. The number of aromatic nitrogens is 4.